The van der Waals surface area contributed by atoms with E-state index in [-0.39, 0.29) is 5.75 Å². The van der Waals surface area contributed by atoms with Gasteiger partial charge in [-0.25, -0.2) is 8.42 Å². The Kier molecular flexibility index (Phi) is 3.21. The van der Waals surface area contributed by atoms with E-state index in [0.717, 1.165) is 11.4 Å². The second kappa shape index (κ2) is 4.04. The average Bonchev–Trinajstić information content (AvgIpc) is 2.33. The molecule has 1 heterocycles. The van der Waals surface area contributed by atoms with Gasteiger partial charge in [-0.2, -0.15) is 0 Å². The minimum absolute atomic E-state index is 0.157. The Morgan fingerprint density at radius 3 is 2.21 bits per heavy atom. The third-order valence-corrected chi connectivity index (χ3v) is 2.96. The maximum atomic E-state index is 10.9. The second-order valence-corrected chi connectivity index (χ2v) is 5.75. The molecule has 0 radical (unpaired) electrons. The lowest BCUT2D eigenvalue weighted by Gasteiger charge is -2.11. The van der Waals surface area contributed by atoms with Crippen molar-refractivity contribution in [2.24, 2.45) is 0 Å². The highest BCUT2D eigenvalue weighted by Gasteiger charge is 2.03. The van der Waals surface area contributed by atoms with Gasteiger partial charge in [0.15, 0.2) is 0 Å². The smallest absolute Gasteiger partial charge is 0.149 e. The first-order valence-corrected chi connectivity index (χ1v) is 6.53. The molecule has 0 unspecified atom stereocenters. The highest BCUT2D eigenvalue weighted by molar-refractivity contribution is 7.90. The van der Waals surface area contributed by atoms with Crippen LogP contribution < -0.4 is 5.43 Å². The van der Waals surface area contributed by atoms with Crippen molar-refractivity contribution in [2.45, 2.75) is 13.8 Å². The van der Waals surface area contributed by atoms with Gasteiger partial charge in [0, 0.05) is 24.2 Å². The van der Waals surface area contributed by atoms with Crippen molar-refractivity contribution in [3.8, 4) is 0 Å². The zero-order valence-electron chi connectivity index (χ0n) is 8.74. The number of hydrogen-bond acceptors (Lipinski definition) is 3. The van der Waals surface area contributed by atoms with Crippen molar-refractivity contribution in [1.82, 2.24) is 4.68 Å². The molecule has 0 aliphatic carbocycles. The molecule has 4 nitrogen and oxygen atoms in total. The van der Waals surface area contributed by atoms with Gasteiger partial charge in [0.1, 0.15) is 9.84 Å². The van der Waals surface area contributed by atoms with E-state index < -0.39 is 9.84 Å². The van der Waals surface area contributed by atoms with Crippen molar-refractivity contribution in [2.75, 3.05) is 24.0 Å². The summed E-state index contributed by atoms with van der Waals surface area (Å²) in [7, 11) is -2.88. The topological polar surface area (TPSA) is 51.1 Å². The lowest BCUT2D eigenvalue weighted by Crippen LogP contribution is -2.23. The van der Waals surface area contributed by atoms with Crippen LogP contribution in [0.2, 0.25) is 0 Å². The minimum atomic E-state index is -2.88. The zero-order chi connectivity index (χ0) is 10.8. The summed E-state index contributed by atoms with van der Waals surface area (Å²) >= 11 is 0. The van der Waals surface area contributed by atoms with E-state index in [1.165, 1.54) is 6.26 Å². The van der Waals surface area contributed by atoms with Gasteiger partial charge in [-0.05, 0) is 26.0 Å². The summed E-state index contributed by atoms with van der Waals surface area (Å²) in [6.45, 7) is 4.39. The fourth-order valence-corrected chi connectivity index (χ4v) is 1.72. The molecule has 14 heavy (non-hydrogen) atoms. The summed E-state index contributed by atoms with van der Waals surface area (Å²) in [5.74, 6) is 0.157. The number of hydrogen-bond donors (Lipinski definition) is 1. The molecule has 5 heteroatoms. The fourth-order valence-electron chi connectivity index (χ4n) is 1.26. The highest BCUT2D eigenvalue weighted by Crippen LogP contribution is 2.03. The normalized spacial score (nSPS) is 11.6. The number of aromatic nitrogens is 1. The molecule has 80 valence electrons. The first-order chi connectivity index (χ1) is 6.40. The van der Waals surface area contributed by atoms with Crippen LogP contribution in [0.25, 0.3) is 0 Å². The molecule has 1 N–H and O–H groups in total. The van der Waals surface area contributed by atoms with Gasteiger partial charge >= 0.3 is 0 Å². The lowest BCUT2D eigenvalue weighted by atomic mass is 10.5. The summed E-state index contributed by atoms with van der Waals surface area (Å²) < 4.78 is 23.7. The molecule has 0 aromatic carbocycles. The molecule has 0 saturated carbocycles. The van der Waals surface area contributed by atoms with E-state index >= 15 is 0 Å². The van der Waals surface area contributed by atoms with Crippen molar-refractivity contribution < 1.29 is 8.42 Å². The molecule has 0 spiro atoms. The van der Waals surface area contributed by atoms with E-state index in [9.17, 15) is 8.42 Å². The average molecular weight is 216 g/mol. The van der Waals surface area contributed by atoms with Crippen molar-refractivity contribution >= 4 is 9.84 Å². The Morgan fingerprint density at radius 2 is 1.79 bits per heavy atom. The number of rotatable bonds is 4. The largest absolute Gasteiger partial charge is 0.325 e. The fraction of sp³-hybridized carbons (Fsp3) is 0.556. The second-order valence-electron chi connectivity index (χ2n) is 3.49. The maximum absolute atomic E-state index is 10.9. The molecular formula is C9H16N2O2S. The van der Waals surface area contributed by atoms with Gasteiger partial charge < -0.3 is 5.43 Å². The molecule has 0 aliphatic rings. The van der Waals surface area contributed by atoms with E-state index in [1.807, 2.05) is 30.7 Å². The monoisotopic (exact) mass is 216 g/mol. The number of nitrogens with zero attached hydrogens (tertiary/aromatic N) is 1. The summed E-state index contributed by atoms with van der Waals surface area (Å²) in [5.41, 5.74) is 5.21. The SMILES string of the molecule is Cc1ccc(C)n1NCCS(C)(=O)=O. The molecule has 0 amide bonds. The Balaban J connectivity index is 2.54. The molecule has 0 atom stereocenters. The Morgan fingerprint density at radius 1 is 1.29 bits per heavy atom. The summed E-state index contributed by atoms with van der Waals surface area (Å²) in [6.07, 6.45) is 1.24. The Labute approximate surface area is 84.8 Å². The third kappa shape index (κ3) is 3.06. The van der Waals surface area contributed by atoms with Crippen LogP contribution in [-0.2, 0) is 9.84 Å². The third-order valence-electron chi connectivity index (χ3n) is 2.01. The van der Waals surface area contributed by atoms with Crippen molar-refractivity contribution in [3.05, 3.63) is 23.5 Å². The predicted octanol–water partition coefficient (Wildman–Crippen LogP) is 0.693. The Hall–Kier alpha value is -0.970. The zero-order valence-corrected chi connectivity index (χ0v) is 9.56. The number of nitrogens with one attached hydrogen (secondary N) is 1. The molecule has 0 aliphatic heterocycles. The Bertz CT molecular complexity index is 387. The maximum Gasteiger partial charge on any atom is 0.149 e. The van der Waals surface area contributed by atoms with Gasteiger partial charge in [-0.1, -0.05) is 0 Å². The molecule has 0 saturated heterocycles. The van der Waals surface area contributed by atoms with Crippen LogP contribution in [0.4, 0.5) is 0 Å². The van der Waals surface area contributed by atoms with Gasteiger partial charge in [0.25, 0.3) is 0 Å². The molecule has 1 rings (SSSR count). The van der Waals surface area contributed by atoms with Gasteiger partial charge in [0.2, 0.25) is 0 Å². The number of sulfone groups is 1. The standard InChI is InChI=1S/C9H16N2O2S/c1-8-4-5-9(2)11(8)10-6-7-14(3,12)13/h4-5,10H,6-7H2,1-3H3. The van der Waals surface area contributed by atoms with Crippen LogP contribution in [0.1, 0.15) is 11.4 Å². The first-order valence-electron chi connectivity index (χ1n) is 4.47. The lowest BCUT2D eigenvalue weighted by molar-refractivity contribution is 0.601. The van der Waals surface area contributed by atoms with Crippen molar-refractivity contribution in [3.63, 3.8) is 0 Å². The van der Waals surface area contributed by atoms with E-state index in [1.54, 1.807) is 0 Å². The molecule has 0 bridgehead atoms. The minimum Gasteiger partial charge on any atom is -0.325 e. The molecule has 1 aromatic heterocycles. The van der Waals surface area contributed by atoms with Gasteiger partial charge in [-0.3, -0.25) is 4.68 Å². The van der Waals surface area contributed by atoms with Crippen LogP contribution in [0, 0.1) is 13.8 Å². The number of aryl methyl sites for hydroxylation is 2. The predicted molar refractivity (Wildman–Crippen MR) is 57.8 cm³/mol. The van der Waals surface area contributed by atoms with Crippen LogP contribution in [0.3, 0.4) is 0 Å². The van der Waals surface area contributed by atoms with Gasteiger partial charge in [-0.15, -0.1) is 0 Å². The quantitative estimate of drug-likeness (QED) is 0.805. The van der Waals surface area contributed by atoms with Crippen LogP contribution >= 0.6 is 0 Å². The summed E-state index contributed by atoms with van der Waals surface area (Å²) in [6, 6.07) is 3.98. The highest BCUT2D eigenvalue weighted by atomic mass is 32.2. The molecular weight excluding hydrogens is 200 g/mol. The van der Waals surface area contributed by atoms with Gasteiger partial charge in [0.05, 0.1) is 5.75 Å². The van der Waals surface area contributed by atoms with Crippen molar-refractivity contribution in [1.29, 1.82) is 0 Å². The summed E-state index contributed by atoms with van der Waals surface area (Å²) in [4.78, 5) is 0. The van der Waals surface area contributed by atoms with E-state index in [4.69, 9.17) is 0 Å². The van der Waals surface area contributed by atoms with Crippen LogP contribution in [0.5, 0.6) is 0 Å². The molecule has 0 fully saturated rings. The van der Waals surface area contributed by atoms with Crippen LogP contribution in [-0.4, -0.2) is 31.6 Å². The molecule has 1 aromatic rings. The first kappa shape index (κ1) is 11.1. The van der Waals surface area contributed by atoms with E-state index in [0.29, 0.717) is 6.54 Å². The summed E-state index contributed by atoms with van der Waals surface area (Å²) in [5, 5.41) is 0. The van der Waals surface area contributed by atoms with E-state index in [2.05, 4.69) is 5.43 Å². The van der Waals surface area contributed by atoms with Crippen LogP contribution in [0.15, 0.2) is 12.1 Å².